The number of hydrogen-bond donors (Lipinski definition) is 1. The van der Waals surface area contributed by atoms with Gasteiger partial charge in [0.15, 0.2) is 0 Å². The summed E-state index contributed by atoms with van der Waals surface area (Å²) in [6.45, 7) is 5.50. The third-order valence-corrected chi connectivity index (χ3v) is 4.67. The SMILES string of the molecule is CC(C)(NCc1nc2ccccc2s1)C1CC1. The summed E-state index contributed by atoms with van der Waals surface area (Å²) in [5.74, 6) is 0.858. The van der Waals surface area contributed by atoms with E-state index >= 15 is 0 Å². The first kappa shape index (κ1) is 11.2. The molecule has 1 aliphatic rings. The van der Waals surface area contributed by atoms with Crippen LogP contribution in [0, 0.1) is 5.92 Å². The number of hydrogen-bond acceptors (Lipinski definition) is 3. The van der Waals surface area contributed by atoms with Crippen LogP contribution in [0.3, 0.4) is 0 Å². The fourth-order valence-electron chi connectivity index (χ4n) is 2.25. The third kappa shape index (κ3) is 2.35. The molecule has 1 aliphatic carbocycles. The molecule has 3 rings (SSSR count). The normalized spacial score (nSPS) is 16.6. The van der Waals surface area contributed by atoms with Gasteiger partial charge in [0.2, 0.25) is 0 Å². The molecule has 0 radical (unpaired) electrons. The van der Waals surface area contributed by atoms with E-state index in [1.165, 1.54) is 22.5 Å². The third-order valence-electron chi connectivity index (χ3n) is 3.63. The van der Waals surface area contributed by atoms with Crippen molar-refractivity contribution in [3.8, 4) is 0 Å². The quantitative estimate of drug-likeness (QED) is 0.892. The Bertz CT molecular complexity index is 493. The molecular formula is C14H18N2S. The Labute approximate surface area is 106 Å². The second kappa shape index (κ2) is 4.07. The summed E-state index contributed by atoms with van der Waals surface area (Å²) in [6, 6.07) is 8.35. The van der Waals surface area contributed by atoms with E-state index in [1.807, 2.05) is 6.07 Å². The molecule has 1 aromatic carbocycles. The molecule has 17 heavy (non-hydrogen) atoms. The van der Waals surface area contributed by atoms with Crippen LogP contribution in [-0.4, -0.2) is 10.5 Å². The highest BCUT2D eigenvalue weighted by Gasteiger charge is 2.37. The number of para-hydroxylation sites is 1. The molecule has 0 spiro atoms. The molecule has 1 fully saturated rings. The molecule has 0 atom stereocenters. The van der Waals surface area contributed by atoms with Crippen molar-refractivity contribution in [3.63, 3.8) is 0 Å². The maximum absolute atomic E-state index is 4.65. The first-order valence-corrected chi connectivity index (χ1v) is 7.06. The van der Waals surface area contributed by atoms with Crippen LogP contribution in [-0.2, 0) is 6.54 Å². The van der Waals surface area contributed by atoms with Crippen molar-refractivity contribution >= 4 is 21.6 Å². The van der Waals surface area contributed by atoms with Crippen LogP contribution < -0.4 is 5.32 Å². The molecule has 1 saturated carbocycles. The van der Waals surface area contributed by atoms with Gasteiger partial charge in [0.1, 0.15) is 5.01 Å². The lowest BCUT2D eigenvalue weighted by Gasteiger charge is -2.25. The molecule has 0 unspecified atom stereocenters. The number of nitrogens with one attached hydrogen (secondary N) is 1. The molecule has 0 saturated heterocycles. The number of benzene rings is 1. The van der Waals surface area contributed by atoms with Crippen molar-refractivity contribution in [2.24, 2.45) is 5.92 Å². The van der Waals surface area contributed by atoms with Gasteiger partial charge >= 0.3 is 0 Å². The van der Waals surface area contributed by atoms with E-state index in [-0.39, 0.29) is 5.54 Å². The molecule has 2 nitrogen and oxygen atoms in total. The Morgan fingerprint density at radius 2 is 2.12 bits per heavy atom. The number of rotatable bonds is 4. The summed E-state index contributed by atoms with van der Waals surface area (Å²) >= 11 is 1.80. The maximum atomic E-state index is 4.65. The first-order chi connectivity index (χ1) is 8.15. The van der Waals surface area contributed by atoms with E-state index in [0.717, 1.165) is 18.0 Å². The summed E-state index contributed by atoms with van der Waals surface area (Å²) in [5, 5.41) is 4.84. The minimum absolute atomic E-state index is 0.262. The largest absolute Gasteiger partial charge is 0.305 e. The molecule has 1 aromatic heterocycles. The van der Waals surface area contributed by atoms with Crippen LogP contribution >= 0.6 is 11.3 Å². The van der Waals surface area contributed by atoms with Crippen molar-refractivity contribution in [1.82, 2.24) is 10.3 Å². The Morgan fingerprint density at radius 3 is 2.82 bits per heavy atom. The van der Waals surface area contributed by atoms with Gasteiger partial charge in [-0.25, -0.2) is 4.98 Å². The van der Waals surface area contributed by atoms with Crippen molar-refractivity contribution in [2.45, 2.75) is 38.8 Å². The number of nitrogens with zero attached hydrogens (tertiary/aromatic N) is 1. The van der Waals surface area contributed by atoms with Gasteiger partial charge in [-0.15, -0.1) is 11.3 Å². The van der Waals surface area contributed by atoms with Crippen LogP contribution in [0.1, 0.15) is 31.7 Å². The van der Waals surface area contributed by atoms with Crippen LogP contribution in [0.2, 0.25) is 0 Å². The summed E-state index contributed by atoms with van der Waals surface area (Å²) in [5.41, 5.74) is 1.39. The lowest BCUT2D eigenvalue weighted by atomic mass is 9.99. The predicted octanol–water partition coefficient (Wildman–Crippen LogP) is 3.57. The van der Waals surface area contributed by atoms with Crippen molar-refractivity contribution in [3.05, 3.63) is 29.3 Å². The Hall–Kier alpha value is -0.930. The highest BCUT2D eigenvalue weighted by molar-refractivity contribution is 7.18. The van der Waals surface area contributed by atoms with Gasteiger partial charge in [-0.2, -0.15) is 0 Å². The molecule has 3 heteroatoms. The van der Waals surface area contributed by atoms with Gasteiger partial charge < -0.3 is 5.32 Å². The fourth-order valence-corrected chi connectivity index (χ4v) is 3.16. The van der Waals surface area contributed by atoms with Crippen LogP contribution in [0.4, 0.5) is 0 Å². The standard InChI is InChI=1S/C14H18N2S/c1-14(2,10-7-8-10)15-9-13-16-11-5-3-4-6-12(11)17-13/h3-6,10,15H,7-9H2,1-2H3. The topological polar surface area (TPSA) is 24.9 Å². The second-order valence-electron chi connectivity index (χ2n) is 5.42. The van der Waals surface area contributed by atoms with E-state index < -0.39 is 0 Å². The minimum atomic E-state index is 0.262. The Balaban J connectivity index is 1.72. The molecule has 1 N–H and O–H groups in total. The molecule has 90 valence electrons. The van der Waals surface area contributed by atoms with Gasteiger partial charge in [0.25, 0.3) is 0 Å². The molecule has 0 bridgehead atoms. The fraction of sp³-hybridized carbons (Fsp3) is 0.500. The smallest absolute Gasteiger partial charge is 0.108 e. The van der Waals surface area contributed by atoms with Crippen LogP contribution in [0.15, 0.2) is 24.3 Å². The highest BCUT2D eigenvalue weighted by Crippen LogP contribution is 2.39. The number of aromatic nitrogens is 1. The summed E-state index contributed by atoms with van der Waals surface area (Å²) in [6.07, 6.45) is 2.75. The zero-order chi connectivity index (χ0) is 11.9. The minimum Gasteiger partial charge on any atom is -0.305 e. The van der Waals surface area contributed by atoms with E-state index in [2.05, 4.69) is 42.3 Å². The van der Waals surface area contributed by atoms with Gasteiger partial charge in [0, 0.05) is 12.1 Å². The van der Waals surface area contributed by atoms with Gasteiger partial charge in [-0.3, -0.25) is 0 Å². The number of fused-ring (bicyclic) bond motifs is 1. The zero-order valence-corrected chi connectivity index (χ0v) is 11.2. The zero-order valence-electron chi connectivity index (χ0n) is 10.4. The van der Waals surface area contributed by atoms with E-state index in [0.29, 0.717) is 0 Å². The van der Waals surface area contributed by atoms with Crippen LogP contribution in [0.25, 0.3) is 10.2 Å². The molecule has 2 aromatic rings. The Kier molecular flexibility index (Phi) is 2.68. The highest BCUT2D eigenvalue weighted by atomic mass is 32.1. The van der Waals surface area contributed by atoms with Crippen molar-refractivity contribution in [1.29, 1.82) is 0 Å². The van der Waals surface area contributed by atoms with Gasteiger partial charge in [-0.1, -0.05) is 12.1 Å². The molecule has 0 aliphatic heterocycles. The summed E-state index contributed by atoms with van der Waals surface area (Å²) in [4.78, 5) is 4.65. The summed E-state index contributed by atoms with van der Waals surface area (Å²) < 4.78 is 1.29. The second-order valence-corrected chi connectivity index (χ2v) is 6.54. The van der Waals surface area contributed by atoms with Gasteiger partial charge in [-0.05, 0) is 44.7 Å². The van der Waals surface area contributed by atoms with E-state index in [1.54, 1.807) is 11.3 Å². The molecule has 1 heterocycles. The van der Waals surface area contributed by atoms with E-state index in [4.69, 9.17) is 0 Å². The van der Waals surface area contributed by atoms with E-state index in [9.17, 15) is 0 Å². The monoisotopic (exact) mass is 246 g/mol. The average Bonchev–Trinajstić information content (AvgIpc) is 3.07. The first-order valence-electron chi connectivity index (χ1n) is 6.25. The van der Waals surface area contributed by atoms with Gasteiger partial charge in [0.05, 0.1) is 10.2 Å². The van der Waals surface area contributed by atoms with Crippen LogP contribution in [0.5, 0.6) is 0 Å². The molecular weight excluding hydrogens is 228 g/mol. The molecule has 0 amide bonds. The lowest BCUT2D eigenvalue weighted by Crippen LogP contribution is -2.40. The predicted molar refractivity (Wildman–Crippen MR) is 73.3 cm³/mol. The maximum Gasteiger partial charge on any atom is 0.108 e. The average molecular weight is 246 g/mol. The van der Waals surface area contributed by atoms with Crippen molar-refractivity contribution < 1.29 is 0 Å². The van der Waals surface area contributed by atoms with Crippen molar-refractivity contribution in [2.75, 3.05) is 0 Å². The lowest BCUT2D eigenvalue weighted by molar-refractivity contribution is 0.339. The Morgan fingerprint density at radius 1 is 1.35 bits per heavy atom. The number of thiazole rings is 1. The summed E-state index contributed by atoms with van der Waals surface area (Å²) in [7, 11) is 0.